The highest BCUT2D eigenvalue weighted by molar-refractivity contribution is 6.05. The molecule has 4 heterocycles. The molecule has 198 valence electrons. The lowest BCUT2D eigenvalue weighted by Crippen LogP contribution is -2.64. The number of hydrogen-bond donors (Lipinski definition) is 1. The Balaban J connectivity index is 1.97. The third kappa shape index (κ3) is 2.70. The van der Waals surface area contributed by atoms with Crippen LogP contribution < -0.4 is 0 Å². The van der Waals surface area contributed by atoms with E-state index in [0.29, 0.717) is 6.42 Å². The second-order valence-corrected chi connectivity index (χ2v) is 10.6. The lowest BCUT2D eigenvalue weighted by molar-refractivity contribution is -0.289. The highest BCUT2D eigenvalue weighted by Gasteiger charge is 2.82. The Morgan fingerprint density at radius 2 is 1.49 bits per heavy atom. The van der Waals surface area contributed by atoms with Crippen LogP contribution in [-0.4, -0.2) is 93.0 Å². The molecule has 1 N–H and O–H groups in total. The fourth-order valence-electron chi connectivity index (χ4n) is 7.98. The molecule has 0 aromatic rings. The standard InChI is InChI=1S/C25H38O10/c1-12-17(26)21(4)15(19(27)30-7)16(20(28)31-8)25(12,34-21)14(3)23-11-24(32-9,33-10)22(5,35-23)18(29-6)13(23)2/h12-14,17-18,26H,11H2,1-10H3/t12-,13+,14-,17-,18+,21+,22?,23+,25-/m0/s1. The van der Waals surface area contributed by atoms with Gasteiger partial charge in [0.15, 0.2) is 0 Å². The molecule has 0 amide bonds. The van der Waals surface area contributed by atoms with E-state index >= 15 is 0 Å². The summed E-state index contributed by atoms with van der Waals surface area (Å²) in [5.41, 5.74) is -4.80. The van der Waals surface area contributed by atoms with Crippen molar-refractivity contribution in [3.05, 3.63) is 11.1 Å². The predicted octanol–water partition coefficient (Wildman–Crippen LogP) is 1.38. The number of fused-ring (bicyclic) bond motifs is 4. The fraction of sp³-hybridized carbons (Fsp3) is 0.840. The Kier molecular flexibility index (Phi) is 6.03. The van der Waals surface area contributed by atoms with Crippen LogP contribution in [0.5, 0.6) is 0 Å². The summed E-state index contributed by atoms with van der Waals surface area (Å²) in [4.78, 5) is 26.3. The lowest BCUT2D eigenvalue weighted by atomic mass is 9.56. The Morgan fingerprint density at radius 1 is 0.943 bits per heavy atom. The van der Waals surface area contributed by atoms with Crippen LogP contribution in [0, 0.1) is 17.8 Å². The Morgan fingerprint density at radius 3 is 1.97 bits per heavy atom. The summed E-state index contributed by atoms with van der Waals surface area (Å²) in [6.07, 6.45) is -1.17. The van der Waals surface area contributed by atoms with Gasteiger partial charge in [0.2, 0.25) is 5.79 Å². The van der Waals surface area contributed by atoms with Gasteiger partial charge in [-0.25, -0.2) is 9.59 Å². The van der Waals surface area contributed by atoms with E-state index in [1.54, 1.807) is 28.3 Å². The van der Waals surface area contributed by atoms with Crippen molar-refractivity contribution in [2.45, 2.75) is 81.4 Å². The zero-order valence-electron chi connectivity index (χ0n) is 22.2. The van der Waals surface area contributed by atoms with Gasteiger partial charge < -0.3 is 38.3 Å². The third-order valence-corrected chi connectivity index (χ3v) is 9.74. The molecule has 3 fully saturated rings. The zero-order valence-corrected chi connectivity index (χ0v) is 22.2. The van der Waals surface area contributed by atoms with Gasteiger partial charge in [-0.15, -0.1) is 0 Å². The van der Waals surface area contributed by atoms with Crippen molar-refractivity contribution in [1.29, 1.82) is 0 Å². The number of carbonyl (C=O) groups excluding carboxylic acids is 2. The summed E-state index contributed by atoms with van der Waals surface area (Å²) in [6, 6.07) is 0. The van der Waals surface area contributed by atoms with Gasteiger partial charge in [-0.2, -0.15) is 0 Å². The molecule has 0 spiro atoms. The molecule has 4 bridgehead atoms. The number of hydrogen-bond acceptors (Lipinski definition) is 10. The molecule has 0 radical (unpaired) electrons. The Labute approximate surface area is 206 Å². The first-order valence-electron chi connectivity index (χ1n) is 11.9. The minimum absolute atomic E-state index is 0.0276. The van der Waals surface area contributed by atoms with Gasteiger partial charge in [-0.3, -0.25) is 0 Å². The van der Waals surface area contributed by atoms with Crippen LogP contribution >= 0.6 is 0 Å². The van der Waals surface area contributed by atoms with Gasteiger partial charge in [0, 0.05) is 45.5 Å². The van der Waals surface area contributed by atoms with Crippen LogP contribution in [-0.2, 0) is 42.7 Å². The summed E-state index contributed by atoms with van der Waals surface area (Å²) < 4.78 is 41.4. The molecule has 9 atom stereocenters. The van der Waals surface area contributed by atoms with E-state index in [2.05, 4.69) is 0 Å². The number of aliphatic hydroxyl groups excluding tert-OH is 1. The van der Waals surface area contributed by atoms with Crippen LogP contribution in [0.3, 0.4) is 0 Å². The normalized spacial score (nSPS) is 46.3. The monoisotopic (exact) mass is 498 g/mol. The molecule has 4 rings (SSSR count). The molecular formula is C25H38O10. The highest BCUT2D eigenvalue weighted by atomic mass is 16.7. The SMILES string of the molecule is COC(=O)C1=C(C(=O)OC)[C@@]2(C)O[C@]1([C@@H](C)[C@]13CC(OC)(OC)C(C)(O1)[C@H](OC)[C@H]3C)[C@@H](C)[C@@H]2O. The van der Waals surface area contributed by atoms with Crippen LogP contribution in [0.2, 0.25) is 0 Å². The summed E-state index contributed by atoms with van der Waals surface area (Å²) >= 11 is 0. The van der Waals surface area contributed by atoms with Crippen LogP contribution in [0.1, 0.15) is 41.0 Å². The van der Waals surface area contributed by atoms with Gasteiger partial charge in [0.05, 0.1) is 43.2 Å². The molecule has 0 aliphatic carbocycles. The lowest BCUT2D eigenvalue weighted by Gasteiger charge is -2.51. The highest BCUT2D eigenvalue weighted by Crippen LogP contribution is 2.69. The van der Waals surface area contributed by atoms with E-state index in [0.717, 1.165) is 0 Å². The first-order chi connectivity index (χ1) is 16.3. The van der Waals surface area contributed by atoms with E-state index in [1.165, 1.54) is 14.2 Å². The molecule has 4 aliphatic heterocycles. The van der Waals surface area contributed by atoms with E-state index in [9.17, 15) is 14.7 Å². The van der Waals surface area contributed by atoms with Gasteiger partial charge in [0.25, 0.3) is 0 Å². The van der Waals surface area contributed by atoms with Crippen molar-refractivity contribution in [2.75, 3.05) is 35.5 Å². The van der Waals surface area contributed by atoms with Gasteiger partial charge in [-0.05, 0) is 13.8 Å². The Hall–Kier alpha value is -1.56. The van der Waals surface area contributed by atoms with Crippen molar-refractivity contribution >= 4 is 11.9 Å². The number of carbonyl (C=O) groups is 2. The smallest absolute Gasteiger partial charge is 0.337 e. The summed E-state index contributed by atoms with van der Waals surface area (Å²) in [7, 11) is 7.21. The van der Waals surface area contributed by atoms with Crippen molar-refractivity contribution in [2.24, 2.45) is 17.8 Å². The van der Waals surface area contributed by atoms with Gasteiger partial charge in [-0.1, -0.05) is 20.8 Å². The predicted molar refractivity (Wildman–Crippen MR) is 121 cm³/mol. The summed E-state index contributed by atoms with van der Waals surface area (Å²) in [5, 5.41) is 11.3. The second kappa shape index (κ2) is 7.97. The second-order valence-electron chi connectivity index (χ2n) is 10.6. The zero-order chi connectivity index (χ0) is 26.4. The maximum atomic E-state index is 13.3. The van der Waals surface area contributed by atoms with E-state index < -0.39 is 64.2 Å². The molecule has 10 nitrogen and oxygen atoms in total. The first kappa shape index (κ1) is 26.5. The topological polar surface area (TPSA) is 119 Å². The van der Waals surface area contributed by atoms with E-state index in [-0.39, 0.29) is 17.1 Å². The molecule has 0 saturated carbocycles. The van der Waals surface area contributed by atoms with Crippen LogP contribution in [0.25, 0.3) is 0 Å². The van der Waals surface area contributed by atoms with Gasteiger partial charge >= 0.3 is 11.9 Å². The minimum Gasteiger partial charge on any atom is -0.466 e. The van der Waals surface area contributed by atoms with E-state index in [1.807, 2.05) is 27.7 Å². The maximum absolute atomic E-state index is 13.3. The quantitative estimate of drug-likeness (QED) is 0.407. The van der Waals surface area contributed by atoms with Gasteiger partial charge in [0.1, 0.15) is 16.8 Å². The number of rotatable bonds is 7. The molecule has 1 unspecified atom stereocenters. The molecule has 0 aromatic heterocycles. The van der Waals surface area contributed by atoms with Crippen molar-refractivity contribution < 1.29 is 47.9 Å². The number of esters is 2. The molecule has 4 aliphatic rings. The van der Waals surface area contributed by atoms with Crippen molar-refractivity contribution in [1.82, 2.24) is 0 Å². The van der Waals surface area contributed by atoms with Crippen LogP contribution in [0.4, 0.5) is 0 Å². The molecule has 10 heteroatoms. The summed E-state index contributed by atoms with van der Waals surface area (Å²) in [6.45, 7) is 9.24. The molecule has 3 saturated heterocycles. The minimum atomic E-state index is -1.47. The number of ether oxygens (including phenoxy) is 7. The Bertz CT molecular complexity index is 958. The van der Waals surface area contributed by atoms with Crippen molar-refractivity contribution in [3.8, 4) is 0 Å². The average molecular weight is 499 g/mol. The van der Waals surface area contributed by atoms with Crippen molar-refractivity contribution in [3.63, 3.8) is 0 Å². The number of aliphatic hydroxyl groups is 1. The molecule has 35 heavy (non-hydrogen) atoms. The fourth-order valence-corrected chi connectivity index (χ4v) is 7.98. The molecule has 0 aromatic carbocycles. The maximum Gasteiger partial charge on any atom is 0.337 e. The largest absolute Gasteiger partial charge is 0.466 e. The molecular weight excluding hydrogens is 460 g/mol. The number of methoxy groups -OCH3 is 5. The summed E-state index contributed by atoms with van der Waals surface area (Å²) in [5.74, 6) is -3.92. The first-order valence-corrected chi connectivity index (χ1v) is 11.9. The third-order valence-electron chi connectivity index (χ3n) is 9.74. The van der Waals surface area contributed by atoms with Crippen LogP contribution in [0.15, 0.2) is 11.1 Å². The average Bonchev–Trinajstić information content (AvgIpc) is 3.44. The van der Waals surface area contributed by atoms with E-state index in [4.69, 9.17) is 33.2 Å².